The number of carbonyl (C=O) groups excluding carboxylic acids is 2. The fourth-order valence-corrected chi connectivity index (χ4v) is 5.72. The lowest BCUT2D eigenvalue weighted by Crippen LogP contribution is -2.43. The Morgan fingerprint density at radius 3 is 2.45 bits per heavy atom. The maximum atomic E-state index is 13.1. The molecule has 3 rings (SSSR count). The van der Waals surface area contributed by atoms with Gasteiger partial charge in [-0.1, -0.05) is 32.0 Å². The van der Waals surface area contributed by atoms with Gasteiger partial charge in [0.15, 0.2) is 6.10 Å². The number of sulfonamides is 1. The highest BCUT2D eigenvalue weighted by molar-refractivity contribution is 7.89. The minimum absolute atomic E-state index is 0.0241. The van der Waals surface area contributed by atoms with Crippen molar-refractivity contribution in [1.29, 1.82) is 0 Å². The van der Waals surface area contributed by atoms with E-state index in [0.717, 1.165) is 17.7 Å². The number of methoxy groups -OCH3 is 1. The van der Waals surface area contributed by atoms with Crippen LogP contribution in [0.3, 0.4) is 0 Å². The van der Waals surface area contributed by atoms with E-state index < -0.39 is 22.1 Å². The molecule has 0 fully saturated rings. The van der Waals surface area contributed by atoms with Gasteiger partial charge in [-0.3, -0.25) is 4.79 Å². The average molecular weight is 475 g/mol. The third kappa shape index (κ3) is 4.74. The number of hydrogen-bond donors (Lipinski definition) is 0. The van der Waals surface area contributed by atoms with Crippen LogP contribution >= 0.6 is 0 Å². The Kier molecular flexibility index (Phi) is 7.44. The molecule has 2 aromatic rings. The highest BCUT2D eigenvalue weighted by Gasteiger charge is 2.35. The number of anilines is 1. The van der Waals surface area contributed by atoms with E-state index in [1.54, 1.807) is 18.7 Å². The first-order valence-corrected chi connectivity index (χ1v) is 12.4. The summed E-state index contributed by atoms with van der Waals surface area (Å²) in [5.41, 5.74) is 1.91. The Hall–Kier alpha value is -2.91. The van der Waals surface area contributed by atoms with Crippen LogP contribution in [0.1, 0.15) is 43.6 Å². The van der Waals surface area contributed by atoms with Gasteiger partial charge < -0.3 is 14.4 Å². The third-order valence-corrected chi connectivity index (χ3v) is 7.87. The Labute approximate surface area is 195 Å². The van der Waals surface area contributed by atoms with Crippen LogP contribution in [0.4, 0.5) is 5.69 Å². The van der Waals surface area contributed by atoms with E-state index in [4.69, 9.17) is 9.47 Å². The largest absolute Gasteiger partial charge is 0.495 e. The van der Waals surface area contributed by atoms with Gasteiger partial charge in [-0.15, -0.1) is 0 Å². The number of ether oxygens (including phenoxy) is 2. The lowest BCUT2D eigenvalue weighted by molar-refractivity contribution is -0.126. The molecule has 0 spiro atoms. The van der Waals surface area contributed by atoms with Crippen LogP contribution in [0.25, 0.3) is 0 Å². The summed E-state index contributed by atoms with van der Waals surface area (Å²) in [6, 6.07) is 11.7. The van der Waals surface area contributed by atoms with E-state index in [1.165, 1.54) is 36.5 Å². The predicted octanol–water partition coefficient (Wildman–Crippen LogP) is 3.25. The van der Waals surface area contributed by atoms with Crippen molar-refractivity contribution in [3.63, 3.8) is 0 Å². The van der Waals surface area contributed by atoms with Crippen molar-refractivity contribution in [2.45, 2.75) is 51.2 Å². The van der Waals surface area contributed by atoms with Crippen molar-refractivity contribution in [3.05, 3.63) is 53.6 Å². The van der Waals surface area contributed by atoms with E-state index in [9.17, 15) is 18.0 Å². The molecule has 1 amide bonds. The summed E-state index contributed by atoms with van der Waals surface area (Å²) in [5.74, 6) is -0.981. The summed E-state index contributed by atoms with van der Waals surface area (Å²) in [4.78, 5) is 27.5. The Bertz CT molecular complexity index is 1140. The zero-order valence-corrected chi connectivity index (χ0v) is 20.4. The molecule has 1 aliphatic heterocycles. The summed E-state index contributed by atoms with van der Waals surface area (Å²) in [6.07, 6.45) is -0.316. The van der Waals surface area contributed by atoms with Crippen molar-refractivity contribution in [2.75, 3.05) is 25.1 Å². The van der Waals surface area contributed by atoms with Crippen LogP contribution in [-0.2, 0) is 26.0 Å². The Morgan fingerprint density at radius 1 is 1.15 bits per heavy atom. The van der Waals surface area contributed by atoms with Gasteiger partial charge in [-0.05, 0) is 50.1 Å². The molecule has 0 bridgehead atoms. The minimum Gasteiger partial charge on any atom is -0.495 e. The number of amides is 1. The van der Waals surface area contributed by atoms with Gasteiger partial charge in [0, 0.05) is 24.8 Å². The molecule has 8 nitrogen and oxygen atoms in total. The topological polar surface area (TPSA) is 93.2 Å². The summed E-state index contributed by atoms with van der Waals surface area (Å²) in [6.45, 7) is 7.48. The lowest BCUT2D eigenvalue weighted by Gasteiger charge is -2.26. The van der Waals surface area contributed by atoms with E-state index in [0.29, 0.717) is 0 Å². The van der Waals surface area contributed by atoms with Crippen LogP contribution in [0.15, 0.2) is 47.4 Å². The minimum atomic E-state index is -3.87. The van der Waals surface area contributed by atoms with Crippen molar-refractivity contribution >= 4 is 27.6 Å². The fraction of sp³-hybridized carbons (Fsp3) is 0.417. The first-order chi connectivity index (χ1) is 15.6. The van der Waals surface area contributed by atoms with Gasteiger partial charge in [0.1, 0.15) is 10.6 Å². The monoisotopic (exact) mass is 474 g/mol. The van der Waals surface area contributed by atoms with Crippen molar-refractivity contribution in [2.24, 2.45) is 0 Å². The molecule has 1 aliphatic rings. The van der Waals surface area contributed by atoms with Crippen LogP contribution in [-0.4, -0.2) is 56.9 Å². The Balaban J connectivity index is 1.84. The smallest absolute Gasteiger partial charge is 0.338 e. The molecule has 9 heteroatoms. The van der Waals surface area contributed by atoms with Crippen LogP contribution in [0.2, 0.25) is 0 Å². The van der Waals surface area contributed by atoms with E-state index in [-0.39, 0.29) is 41.2 Å². The maximum absolute atomic E-state index is 13.1. The first kappa shape index (κ1) is 24.7. The molecular formula is C24H30N2O6S. The number of esters is 1. The SMILES string of the molecule is CCN(CC)S(=O)(=O)c1cc(C(=O)O[C@@H](C)C(=O)N2c3ccccc3C[C@H]2C)ccc1OC. The molecular weight excluding hydrogens is 444 g/mol. The van der Waals surface area contributed by atoms with Crippen LogP contribution < -0.4 is 9.64 Å². The molecule has 1 heterocycles. The zero-order chi connectivity index (χ0) is 24.3. The molecule has 2 atom stereocenters. The molecule has 0 saturated heterocycles. The zero-order valence-electron chi connectivity index (χ0n) is 19.6. The van der Waals surface area contributed by atoms with Gasteiger partial charge in [-0.2, -0.15) is 4.31 Å². The van der Waals surface area contributed by atoms with E-state index >= 15 is 0 Å². The molecule has 33 heavy (non-hydrogen) atoms. The van der Waals surface area contributed by atoms with E-state index in [1.807, 2.05) is 31.2 Å². The van der Waals surface area contributed by atoms with Gasteiger partial charge in [0.05, 0.1) is 12.7 Å². The second-order valence-electron chi connectivity index (χ2n) is 7.89. The first-order valence-electron chi connectivity index (χ1n) is 11.0. The van der Waals surface area contributed by atoms with Gasteiger partial charge in [0.25, 0.3) is 5.91 Å². The molecule has 0 saturated carbocycles. The number of fused-ring (bicyclic) bond motifs is 1. The highest BCUT2D eigenvalue weighted by atomic mass is 32.2. The molecule has 0 radical (unpaired) electrons. The molecule has 0 aliphatic carbocycles. The van der Waals surface area contributed by atoms with Crippen molar-refractivity contribution in [3.8, 4) is 5.75 Å². The normalized spacial score (nSPS) is 16.4. The average Bonchev–Trinajstić information content (AvgIpc) is 3.14. The number of para-hydroxylation sites is 1. The number of benzene rings is 2. The van der Waals surface area contributed by atoms with Crippen molar-refractivity contribution in [1.82, 2.24) is 4.31 Å². The van der Waals surface area contributed by atoms with Gasteiger partial charge >= 0.3 is 5.97 Å². The van der Waals surface area contributed by atoms with Gasteiger partial charge in [0.2, 0.25) is 10.0 Å². The van der Waals surface area contributed by atoms with E-state index in [2.05, 4.69) is 0 Å². The molecule has 0 aromatic heterocycles. The Morgan fingerprint density at radius 2 is 1.82 bits per heavy atom. The third-order valence-electron chi connectivity index (χ3n) is 5.80. The number of nitrogens with zero attached hydrogens (tertiary/aromatic N) is 2. The molecule has 178 valence electrons. The molecule has 0 unspecified atom stereocenters. The highest BCUT2D eigenvalue weighted by Crippen LogP contribution is 2.33. The summed E-state index contributed by atoms with van der Waals surface area (Å²) < 4.78 is 38.0. The number of hydrogen-bond acceptors (Lipinski definition) is 6. The second-order valence-corrected chi connectivity index (χ2v) is 9.80. The molecule has 2 aromatic carbocycles. The standard InChI is InChI=1S/C24H30N2O6S/c1-6-25(7-2)33(29,30)22-15-19(12-13-21(22)31-5)24(28)32-17(4)23(27)26-16(3)14-18-10-8-9-11-20(18)26/h8-13,15-17H,6-7,14H2,1-5H3/t16-,17+/m1/s1. The summed E-state index contributed by atoms with van der Waals surface area (Å²) >= 11 is 0. The van der Waals surface area contributed by atoms with Crippen LogP contribution in [0, 0.1) is 0 Å². The second kappa shape index (κ2) is 9.93. The predicted molar refractivity (Wildman–Crippen MR) is 125 cm³/mol. The lowest BCUT2D eigenvalue weighted by atomic mass is 10.1. The molecule has 0 N–H and O–H groups in total. The maximum Gasteiger partial charge on any atom is 0.338 e. The van der Waals surface area contributed by atoms with Crippen molar-refractivity contribution < 1.29 is 27.5 Å². The number of carbonyl (C=O) groups is 2. The van der Waals surface area contributed by atoms with Crippen LogP contribution in [0.5, 0.6) is 5.75 Å². The number of rotatable bonds is 8. The fourth-order valence-electron chi connectivity index (χ4n) is 4.08. The van der Waals surface area contributed by atoms with Gasteiger partial charge in [-0.25, -0.2) is 13.2 Å². The summed E-state index contributed by atoms with van der Waals surface area (Å²) in [5, 5.41) is 0. The quantitative estimate of drug-likeness (QED) is 0.546. The summed E-state index contributed by atoms with van der Waals surface area (Å²) in [7, 11) is -2.51.